The van der Waals surface area contributed by atoms with Gasteiger partial charge in [-0.1, -0.05) is 0 Å². The Balaban J connectivity index is 2.96. The number of hydrogen-bond acceptors (Lipinski definition) is 4. The average molecular weight is 272 g/mol. The summed E-state index contributed by atoms with van der Waals surface area (Å²) in [5, 5.41) is 12.1. The van der Waals surface area contributed by atoms with Gasteiger partial charge in [0, 0.05) is 23.4 Å². The fourth-order valence-corrected chi connectivity index (χ4v) is 1.41. The molecule has 0 bridgehead atoms. The molecule has 1 aromatic rings. The first-order chi connectivity index (χ1) is 8.43. The number of hydrogen-bond donors (Lipinski definition) is 4. The number of primary amides is 2. The van der Waals surface area contributed by atoms with E-state index >= 15 is 0 Å². The standard InChI is InChI=1S/C11H14ClN3O3/c12-4-9(16)5-15-8-2-6(10(13)17)1-7(3-8)11(14)18/h1-3,9,15-16H,4-5H2,(H2,13,17)(H2,14,18). The second-order valence-electron chi connectivity index (χ2n) is 3.72. The van der Waals surface area contributed by atoms with Crippen LogP contribution in [0.5, 0.6) is 0 Å². The number of aliphatic hydroxyl groups is 1. The highest BCUT2D eigenvalue weighted by molar-refractivity contribution is 6.18. The zero-order valence-corrected chi connectivity index (χ0v) is 10.3. The molecule has 0 saturated carbocycles. The van der Waals surface area contributed by atoms with Crippen molar-refractivity contribution in [1.29, 1.82) is 0 Å². The van der Waals surface area contributed by atoms with Crippen molar-refractivity contribution < 1.29 is 14.7 Å². The predicted molar refractivity (Wildman–Crippen MR) is 68.7 cm³/mol. The van der Waals surface area contributed by atoms with Crippen LogP contribution in [0.1, 0.15) is 20.7 Å². The van der Waals surface area contributed by atoms with Gasteiger partial charge in [-0.25, -0.2) is 0 Å². The maximum Gasteiger partial charge on any atom is 0.248 e. The number of amides is 2. The SMILES string of the molecule is NC(=O)c1cc(NCC(O)CCl)cc(C(N)=O)c1. The van der Waals surface area contributed by atoms with E-state index in [0.717, 1.165) is 0 Å². The minimum atomic E-state index is -0.735. The third-order valence-electron chi connectivity index (χ3n) is 2.22. The second-order valence-corrected chi connectivity index (χ2v) is 4.03. The summed E-state index contributed by atoms with van der Waals surface area (Å²) in [5.74, 6) is -1.26. The molecule has 0 heterocycles. The minimum Gasteiger partial charge on any atom is -0.390 e. The van der Waals surface area contributed by atoms with E-state index in [1.807, 2.05) is 0 Å². The van der Waals surface area contributed by atoms with Crippen LogP contribution in [0.3, 0.4) is 0 Å². The summed E-state index contributed by atoms with van der Waals surface area (Å²) in [6.07, 6.45) is -0.735. The molecule has 6 nitrogen and oxygen atoms in total. The highest BCUT2D eigenvalue weighted by Gasteiger charge is 2.09. The van der Waals surface area contributed by atoms with Crippen molar-refractivity contribution in [2.24, 2.45) is 11.5 Å². The lowest BCUT2D eigenvalue weighted by atomic mass is 10.1. The Kier molecular flexibility index (Phi) is 4.94. The van der Waals surface area contributed by atoms with Gasteiger partial charge in [0.1, 0.15) is 0 Å². The molecule has 0 spiro atoms. The van der Waals surface area contributed by atoms with E-state index in [1.54, 1.807) is 0 Å². The van der Waals surface area contributed by atoms with Crippen LogP contribution in [0.25, 0.3) is 0 Å². The number of aliphatic hydroxyl groups excluding tert-OH is 1. The van der Waals surface area contributed by atoms with Crippen molar-refractivity contribution in [3.05, 3.63) is 29.3 Å². The van der Waals surface area contributed by atoms with E-state index < -0.39 is 17.9 Å². The number of carbonyl (C=O) groups is 2. The van der Waals surface area contributed by atoms with Gasteiger partial charge in [0.15, 0.2) is 0 Å². The Morgan fingerprint density at radius 2 is 1.72 bits per heavy atom. The van der Waals surface area contributed by atoms with Gasteiger partial charge < -0.3 is 21.9 Å². The quantitative estimate of drug-likeness (QED) is 0.540. The minimum absolute atomic E-state index is 0.0746. The van der Waals surface area contributed by atoms with Crippen LogP contribution in [0.4, 0.5) is 5.69 Å². The summed E-state index contributed by atoms with van der Waals surface area (Å²) < 4.78 is 0. The lowest BCUT2D eigenvalue weighted by molar-refractivity contribution is 0.0999. The Labute approximate surface area is 109 Å². The first-order valence-corrected chi connectivity index (χ1v) is 5.70. The lowest BCUT2D eigenvalue weighted by Crippen LogP contribution is -2.22. The van der Waals surface area contributed by atoms with E-state index in [2.05, 4.69) is 5.32 Å². The summed E-state index contributed by atoms with van der Waals surface area (Å²) in [4.78, 5) is 22.2. The van der Waals surface area contributed by atoms with E-state index in [-0.39, 0.29) is 23.6 Å². The first kappa shape index (κ1) is 14.3. The van der Waals surface area contributed by atoms with Gasteiger partial charge in [0.2, 0.25) is 11.8 Å². The molecule has 0 saturated heterocycles. The Morgan fingerprint density at radius 1 is 1.22 bits per heavy atom. The normalized spacial score (nSPS) is 11.9. The molecule has 7 heteroatoms. The molecule has 98 valence electrons. The number of anilines is 1. The first-order valence-electron chi connectivity index (χ1n) is 5.16. The second kappa shape index (κ2) is 6.23. The molecule has 0 aliphatic rings. The highest BCUT2D eigenvalue weighted by Crippen LogP contribution is 2.15. The maximum atomic E-state index is 11.1. The van der Waals surface area contributed by atoms with Gasteiger partial charge in [-0.2, -0.15) is 0 Å². The average Bonchev–Trinajstić information content (AvgIpc) is 2.35. The van der Waals surface area contributed by atoms with Crippen molar-refractivity contribution >= 4 is 29.1 Å². The third-order valence-corrected chi connectivity index (χ3v) is 2.58. The van der Waals surface area contributed by atoms with Crippen LogP contribution in [0.2, 0.25) is 0 Å². The number of nitrogens with one attached hydrogen (secondary N) is 1. The summed E-state index contributed by atoms with van der Waals surface area (Å²) in [7, 11) is 0. The van der Waals surface area contributed by atoms with E-state index in [1.165, 1.54) is 18.2 Å². The van der Waals surface area contributed by atoms with Gasteiger partial charge in [0.25, 0.3) is 0 Å². The molecule has 6 N–H and O–H groups in total. The molecule has 2 amide bonds. The molecule has 0 aromatic heterocycles. The molecule has 1 aromatic carbocycles. The molecule has 18 heavy (non-hydrogen) atoms. The lowest BCUT2D eigenvalue weighted by Gasteiger charge is -2.11. The van der Waals surface area contributed by atoms with Crippen molar-refractivity contribution in [2.45, 2.75) is 6.10 Å². The van der Waals surface area contributed by atoms with E-state index in [0.29, 0.717) is 5.69 Å². The largest absolute Gasteiger partial charge is 0.390 e. The number of rotatable bonds is 6. The predicted octanol–water partition coefficient (Wildman–Crippen LogP) is -0.104. The van der Waals surface area contributed by atoms with Gasteiger partial charge >= 0.3 is 0 Å². The van der Waals surface area contributed by atoms with E-state index in [9.17, 15) is 14.7 Å². The molecule has 0 aliphatic heterocycles. The molecular formula is C11H14ClN3O3. The summed E-state index contributed by atoms with van der Waals surface area (Å²) in [6, 6.07) is 4.25. The van der Waals surface area contributed by atoms with Gasteiger partial charge in [-0.3, -0.25) is 9.59 Å². The number of carbonyl (C=O) groups excluding carboxylic acids is 2. The highest BCUT2D eigenvalue weighted by atomic mass is 35.5. The number of benzene rings is 1. The van der Waals surface area contributed by atoms with Crippen LogP contribution < -0.4 is 16.8 Å². The van der Waals surface area contributed by atoms with Crippen molar-refractivity contribution in [3.63, 3.8) is 0 Å². The van der Waals surface area contributed by atoms with Crippen LogP contribution in [-0.2, 0) is 0 Å². The molecule has 1 rings (SSSR count). The number of alkyl halides is 1. The zero-order chi connectivity index (χ0) is 13.7. The van der Waals surface area contributed by atoms with Crippen LogP contribution in [0, 0.1) is 0 Å². The van der Waals surface area contributed by atoms with Gasteiger partial charge in [0.05, 0.1) is 12.0 Å². The summed E-state index contributed by atoms with van der Waals surface area (Å²) in [6.45, 7) is 0.184. The van der Waals surface area contributed by atoms with Gasteiger partial charge in [-0.15, -0.1) is 11.6 Å². The Morgan fingerprint density at radius 3 is 2.11 bits per heavy atom. The van der Waals surface area contributed by atoms with Crippen molar-refractivity contribution in [2.75, 3.05) is 17.7 Å². The molecule has 0 fully saturated rings. The molecule has 0 aliphatic carbocycles. The molecule has 1 unspecified atom stereocenters. The Bertz CT molecular complexity index is 433. The number of nitrogens with two attached hydrogens (primary N) is 2. The van der Waals surface area contributed by atoms with Crippen LogP contribution in [0.15, 0.2) is 18.2 Å². The molecular weight excluding hydrogens is 258 g/mol. The van der Waals surface area contributed by atoms with Crippen molar-refractivity contribution in [1.82, 2.24) is 0 Å². The van der Waals surface area contributed by atoms with Crippen LogP contribution >= 0.6 is 11.6 Å². The third kappa shape index (κ3) is 3.90. The van der Waals surface area contributed by atoms with Gasteiger partial charge in [-0.05, 0) is 18.2 Å². The van der Waals surface area contributed by atoms with E-state index in [4.69, 9.17) is 23.1 Å². The summed E-state index contributed by atoms with van der Waals surface area (Å²) >= 11 is 5.44. The molecule has 1 atom stereocenters. The fourth-order valence-electron chi connectivity index (χ4n) is 1.30. The monoisotopic (exact) mass is 271 g/mol. The fraction of sp³-hybridized carbons (Fsp3) is 0.273. The maximum absolute atomic E-state index is 11.1. The summed E-state index contributed by atoms with van der Waals surface area (Å²) in [5.41, 5.74) is 11.1. The molecule has 0 radical (unpaired) electrons. The van der Waals surface area contributed by atoms with Crippen LogP contribution in [-0.4, -0.2) is 35.4 Å². The smallest absolute Gasteiger partial charge is 0.248 e. The zero-order valence-electron chi connectivity index (χ0n) is 9.52. The number of halogens is 1. The Hall–Kier alpha value is -1.79. The van der Waals surface area contributed by atoms with Crippen molar-refractivity contribution in [3.8, 4) is 0 Å². The topological polar surface area (TPSA) is 118 Å².